The van der Waals surface area contributed by atoms with Crippen LogP contribution in [0.25, 0.3) is 0 Å². The summed E-state index contributed by atoms with van der Waals surface area (Å²) in [6, 6.07) is 8.26. The molecule has 140 valence electrons. The summed E-state index contributed by atoms with van der Waals surface area (Å²) in [5, 5.41) is 1.66. The van der Waals surface area contributed by atoms with Gasteiger partial charge in [-0.25, -0.2) is 12.8 Å². The fourth-order valence-electron chi connectivity index (χ4n) is 2.72. The molecule has 0 saturated carbocycles. The minimum Gasteiger partial charge on any atom is -0.339 e. The van der Waals surface area contributed by atoms with Gasteiger partial charge in [0.2, 0.25) is 5.91 Å². The number of hydrogen-bond acceptors (Lipinski definition) is 5. The quantitative estimate of drug-likeness (QED) is 0.773. The molecule has 9 heteroatoms. The molecule has 1 fully saturated rings. The lowest BCUT2D eigenvalue weighted by atomic mass is 10.3. The molecule has 2 aromatic rings. The monoisotopic (exact) mass is 397 g/mol. The first-order valence-corrected chi connectivity index (χ1v) is 10.5. The highest BCUT2D eigenvalue weighted by Crippen LogP contribution is 2.27. The topological polar surface area (TPSA) is 60.9 Å². The van der Waals surface area contributed by atoms with Crippen molar-refractivity contribution in [3.63, 3.8) is 0 Å². The highest BCUT2D eigenvalue weighted by molar-refractivity contribution is 7.94. The lowest BCUT2D eigenvalue weighted by Crippen LogP contribution is -2.50. The average molecular weight is 397 g/mol. The molecular weight excluding hydrogens is 377 g/mol. The summed E-state index contributed by atoms with van der Waals surface area (Å²) < 4.78 is 40.5. The van der Waals surface area contributed by atoms with Crippen LogP contribution in [0.15, 0.2) is 46.0 Å². The Balaban J connectivity index is 1.88. The third kappa shape index (κ3) is 4.05. The zero-order valence-electron chi connectivity index (χ0n) is 14.3. The van der Waals surface area contributed by atoms with Gasteiger partial charge in [-0.3, -0.25) is 9.10 Å². The van der Waals surface area contributed by atoms with Gasteiger partial charge in [0, 0.05) is 26.2 Å². The van der Waals surface area contributed by atoms with Crippen molar-refractivity contribution in [3.05, 3.63) is 47.6 Å². The number of benzene rings is 1. The van der Waals surface area contributed by atoms with E-state index in [1.54, 1.807) is 16.3 Å². The highest BCUT2D eigenvalue weighted by atomic mass is 32.2. The largest absolute Gasteiger partial charge is 0.339 e. The van der Waals surface area contributed by atoms with Crippen LogP contribution in [0.4, 0.5) is 10.1 Å². The summed E-state index contributed by atoms with van der Waals surface area (Å²) in [6.07, 6.45) is 0. The van der Waals surface area contributed by atoms with E-state index in [9.17, 15) is 17.6 Å². The number of sulfonamides is 1. The highest BCUT2D eigenvalue weighted by Gasteiger charge is 2.30. The fourth-order valence-corrected chi connectivity index (χ4v) is 5.24. The second kappa shape index (κ2) is 7.73. The van der Waals surface area contributed by atoms with Gasteiger partial charge in [0.25, 0.3) is 10.0 Å². The summed E-state index contributed by atoms with van der Waals surface area (Å²) in [7, 11) is -1.92. The molecule has 0 radical (unpaired) electrons. The lowest BCUT2D eigenvalue weighted by Gasteiger charge is -2.34. The van der Waals surface area contributed by atoms with Gasteiger partial charge in [0.1, 0.15) is 16.6 Å². The number of rotatable bonds is 5. The zero-order valence-corrected chi connectivity index (χ0v) is 16.0. The van der Waals surface area contributed by atoms with Gasteiger partial charge >= 0.3 is 0 Å². The maximum atomic E-state index is 13.3. The van der Waals surface area contributed by atoms with E-state index in [-0.39, 0.29) is 22.3 Å². The van der Waals surface area contributed by atoms with Gasteiger partial charge in [-0.05, 0) is 42.8 Å². The van der Waals surface area contributed by atoms with Crippen LogP contribution in [-0.4, -0.2) is 63.9 Å². The Labute approximate surface area is 156 Å². The summed E-state index contributed by atoms with van der Waals surface area (Å²) in [4.78, 5) is 16.5. The first-order valence-electron chi connectivity index (χ1n) is 8.16. The second-order valence-electron chi connectivity index (χ2n) is 6.10. The number of nitrogens with zero attached hydrogens (tertiary/aromatic N) is 3. The summed E-state index contributed by atoms with van der Waals surface area (Å²) in [6.45, 7) is 2.31. The number of thiophene rings is 1. The maximum Gasteiger partial charge on any atom is 0.274 e. The van der Waals surface area contributed by atoms with E-state index in [4.69, 9.17) is 0 Å². The number of amides is 1. The zero-order chi connectivity index (χ0) is 18.7. The van der Waals surface area contributed by atoms with E-state index in [2.05, 4.69) is 4.90 Å². The van der Waals surface area contributed by atoms with E-state index < -0.39 is 15.8 Å². The van der Waals surface area contributed by atoms with Crippen molar-refractivity contribution in [2.75, 3.05) is 44.1 Å². The standard InChI is InChI=1S/C17H20FN3O3S2/c1-19-8-10-20(11-9-19)16(22)13-21(15-6-4-14(18)5-7-15)26(23,24)17-3-2-12-25-17/h2-7,12H,8-11,13H2,1H3. The van der Waals surface area contributed by atoms with Gasteiger partial charge in [-0.15, -0.1) is 11.3 Å². The van der Waals surface area contributed by atoms with Gasteiger partial charge in [0.05, 0.1) is 5.69 Å². The van der Waals surface area contributed by atoms with Crippen LogP contribution in [0.5, 0.6) is 0 Å². The molecule has 3 rings (SSSR count). The molecule has 0 atom stereocenters. The second-order valence-corrected chi connectivity index (χ2v) is 9.14. The smallest absolute Gasteiger partial charge is 0.274 e. The Bertz CT molecular complexity index is 846. The van der Waals surface area contributed by atoms with Crippen LogP contribution in [0.3, 0.4) is 0 Å². The van der Waals surface area contributed by atoms with Crippen molar-refractivity contribution in [1.29, 1.82) is 0 Å². The van der Waals surface area contributed by atoms with Gasteiger partial charge in [-0.2, -0.15) is 0 Å². The Morgan fingerprint density at radius 3 is 2.38 bits per heavy atom. The summed E-state index contributed by atoms with van der Waals surface area (Å²) in [5.74, 6) is -0.727. The average Bonchev–Trinajstić information content (AvgIpc) is 3.16. The SMILES string of the molecule is CN1CCN(C(=O)CN(c2ccc(F)cc2)S(=O)(=O)c2cccs2)CC1. The Morgan fingerprint density at radius 1 is 1.15 bits per heavy atom. The van der Waals surface area contributed by atoms with Crippen LogP contribution in [0, 0.1) is 5.82 Å². The number of anilines is 1. The van der Waals surface area contributed by atoms with Crippen LogP contribution >= 0.6 is 11.3 Å². The van der Waals surface area contributed by atoms with Gasteiger partial charge in [-0.1, -0.05) is 6.07 Å². The van der Waals surface area contributed by atoms with Crippen LogP contribution in [0.2, 0.25) is 0 Å². The molecule has 0 bridgehead atoms. The number of likely N-dealkylation sites (N-methyl/N-ethyl adjacent to an activating group) is 1. The normalized spacial score (nSPS) is 15.8. The molecule has 26 heavy (non-hydrogen) atoms. The molecule has 1 saturated heterocycles. The maximum absolute atomic E-state index is 13.3. The predicted molar refractivity (Wildman–Crippen MR) is 99.3 cm³/mol. The molecule has 0 unspecified atom stereocenters. The molecule has 1 amide bonds. The van der Waals surface area contributed by atoms with Crippen molar-refractivity contribution in [1.82, 2.24) is 9.80 Å². The summed E-state index contributed by atoms with van der Waals surface area (Å²) in [5.41, 5.74) is 0.266. The molecule has 0 N–H and O–H groups in total. The van der Waals surface area contributed by atoms with Crippen molar-refractivity contribution < 1.29 is 17.6 Å². The van der Waals surface area contributed by atoms with E-state index in [0.717, 1.165) is 28.7 Å². The van der Waals surface area contributed by atoms with Crippen molar-refractivity contribution in [3.8, 4) is 0 Å². The van der Waals surface area contributed by atoms with Crippen LogP contribution in [-0.2, 0) is 14.8 Å². The molecule has 1 aromatic carbocycles. The molecule has 6 nitrogen and oxygen atoms in total. The van der Waals surface area contributed by atoms with Crippen LogP contribution < -0.4 is 4.31 Å². The van der Waals surface area contributed by atoms with Gasteiger partial charge in [0.15, 0.2) is 0 Å². The molecule has 0 spiro atoms. The number of piperazine rings is 1. The number of hydrogen-bond donors (Lipinski definition) is 0. The number of halogens is 1. The Kier molecular flexibility index (Phi) is 5.59. The Morgan fingerprint density at radius 2 is 1.81 bits per heavy atom. The number of carbonyl (C=O) groups is 1. The third-order valence-corrected chi connectivity index (χ3v) is 7.44. The van der Waals surface area contributed by atoms with E-state index in [0.29, 0.717) is 13.1 Å². The van der Waals surface area contributed by atoms with E-state index >= 15 is 0 Å². The third-order valence-electron chi connectivity index (χ3n) is 4.29. The molecule has 1 aliphatic heterocycles. The van der Waals surface area contributed by atoms with Crippen molar-refractivity contribution >= 4 is 33.0 Å². The van der Waals surface area contributed by atoms with Gasteiger partial charge < -0.3 is 9.80 Å². The fraction of sp³-hybridized carbons (Fsp3) is 0.353. The van der Waals surface area contributed by atoms with E-state index in [1.807, 2.05) is 7.05 Å². The predicted octanol–water partition coefficient (Wildman–Crippen LogP) is 1.86. The molecular formula is C17H20FN3O3S2. The minimum atomic E-state index is -3.90. The number of carbonyl (C=O) groups excluding carboxylic acids is 1. The molecule has 1 aromatic heterocycles. The Hall–Kier alpha value is -1.97. The molecule has 0 aliphatic carbocycles. The van der Waals surface area contributed by atoms with Crippen molar-refractivity contribution in [2.45, 2.75) is 4.21 Å². The summed E-state index contributed by atoms with van der Waals surface area (Å²) >= 11 is 1.08. The van der Waals surface area contributed by atoms with Crippen molar-refractivity contribution in [2.24, 2.45) is 0 Å². The molecule has 2 heterocycles. The molecule has 1 aliphatic rings. The van der Waals surface area contributed by atoms with Crippen LogP contribution in [0.1, 0.15) is 0 Å². The first-order chi connectivity index (χ1) is 12.4. The van der Waals surface area contributed by atoms with E-state index in [1.165, 1.54) is 30.3 Å². The first kappa shape index (κ1) is 18.8. The lowest BCUT2D eigenvalue weighted by molar-refractivity contribution is -0.131. The minimum absolute atomic E-state index is 0.146.